The first-order valence-corrected chi connectivity index (χ1v) is 9.40. The Balaban J connectivity index is 0.00000312. The molecule has 2 aromatic carbocycles. The topological polar surface area (TPSA) is 86.7 Å². The van der Waals surface area contributed by atoms with Crippen LogP contribution in [0, 0.1) is 0 Å². The van der Waals surface area contributed by atoms with Gasteiger partial charge in [-0.05, 0) is 36.6 Å². The molecule has 0 aliphatic carbocycles. The Bertz CT molecular complexity index is 790. The van der Waals surface area contributed by atoms with Crippen molar-refractivity contribution in [1.29, 1.82) is 0 Å². The number of unbranched alkanes of at least 4 members (excludes halogenated alkanes) is 3. The zero-order chi connectivity index (χ0) is 17.6. The number of ether oxygens (including phenoxy) is 1. The fraction of sp³-hybridized carbons (Fsp3) is 0.333. The molecule has 0 aliphatic heterocycles. The molecule has 0 aromatic heterocycles. The molecular weight excluding hydrogens is 351 g/mol. The maximum atomic E-state index is 11.8. The quantitative estimate of drug-likeness (QED) is 0.423. The summed E-state index contributed by atoms with van der Waals surface area (Å²) in [6, 6.07) is 10.5. The van der Waals surface area contributed by atoms with E-state index in [1.54, 1.807) is 24.3 Å². The second-order valence-corrected chi connectivity index (χ2v) is 7.01. The Morgan fingerprint density at radius 1 is 1.04 bits per heavy atom. The van der Waals surface area contributed by atoms with Crippen LogP contribution in [0.15, 0.2) is 47.4 Å². The minimum Gasteiger partial charge on any atom is -0.870 e. The van der Waals surface area contributed by atoms with Gasteiger partial charge >= 0.3 is 29.6 Å². The summed E-state index contributed by atoms with van der Waals surface area (Å²) in [5.74, 6) is -0.369. The van der Waals surface area contributed by atoms with Crippen LogP contribution < -0.4 is 39.4 Å². The zero-order valence-electron chi connectivity index (χ0n) is 14.6. The van der Waals surface area contributed by atoms with Crippen molar-refractivity contribution < 1.29 is 52.4 Å². The molecule has 0 bridgehead atoms. The summed E-state index contributed by atoms with van der Waals surface area (Å²) in [5, 5.41) is 11.8. The monoisotopic (exact) mass is 372 g/mol. The molecule has 0 saturated heterocycles. The molecule has 0 saturated carbocycles. The Labute approximate surface area is 171 Å². The summed E-state index contributed by atoms with van der Waals surface area (Å²) in [6.07, 6.45) is 5.14. The predicted molar refractivity (Wildman–Crippen MR) is 90.1 cm³/mol. The van der Waals surface area contributed by atoms with Gasteiger partial charge in [-0.2, -0.15) is 8.42 Å². The van der Waals surface area contributed by atoms with Gasteiger partial charge in [0.15, 0.2) is 0 Å². The van der Waals surface area contributed by atoms with Crippen LogP contribution >= 0.6 is 0 Å². The molecule has 7 heteroatoms. The van der Waals surface area contributed by atoms with Crippen LogP contribution in [0.3, 0.4) is 0 Å². The Morgan fingerprint density at radius 3 is 2.40 bits per heavy atom. The Hall–Kier alpha value is -1.05. The van der Waals surface area contributed by atoms with Crippen molar-refractivity contribution in [2.24, 2.45) is 0 Å². The fourth-order valence-electron chi connectivity index (χ4n) is 2.41. The van der Waals surface area contributed by atoms with E-state index < -0.39 is 10.1 Å². The predicted octanol–water partition coefficient (Wildman–Crippen LogP) is 0.926. The SMILES string of the molecule is CCCCCCc1ccc(S(=O)(=O)O)c(Oc2ccccc2[O-])c1.[Na+]. The van der Waals surface area contributed by atoms with E-state index >= 15 is 0 Å². The molecule has 5 nitrogen and oxygen atoms in total. The van der Waals surface area contributed by atoms with Gasteiger partial charge in [-0.3, -0.25) is 4.55 Å². The molecule has 0 aliphatic rings. The molecule has 2 rings (SSSR count). The average Bonchev–Trinajstić information content (AvgIpc) is 2.53. The summed E-state index contributed by atoms with van der Waals surface area (Å²) in [7, 11) is -4.44. The van der Waals surface area contributed by atoms with Crippen LogP contribution in [0.2, 0.25) is 0 Å². The molecule has 0 radical (unpaired) electrons. The van der Waals surface area contributed by atoms with Gasteiger partial charge in [0.2, 0.25) is 0 Å². The summed E-state index contributed by atoms with van der Waals surface area (Å²) >= 11 is 0. The second kappa shape index (κ2) is 10.2. The van der Waals surface area contributed by atoms with Crippen molar-refractivity contribution in [3.63, 3.8) is 0 Å². The van der Waals surface area contributed by atoms with Gasteiger partial charge in [0.05, 0.1) is 0 Å². The van der Waals surface area contributed by atoms with E-state index in [9.17, 15) is 18.1 Å². The normalized spacial score (nSPS) is 11.0. The second-order valence-electron chi connectivity index (χ2n) is 5.62. The van der Waals surface area contributed by atoms with Gasteiger partial charge in [0.25, 0.3) is 10.1 Å². The van der Waals surface area contributed by atoms with Crippen molar-refractivity contribution in [2.75, 3.05) is 0 Å². The van der Waals surface area contributed by atoms with Crippen molar-refractivity contribution in [1.82, 2.24) is 0 Å². The van der Waals surface area contributed by atoms with Crippen LogP contribution in [0.1, 0.15) is 38.2 Å². The Morgan fingerprint density at radius 2 is 1.76 bits per heavy atom. The first kappa shape index (κ1) is 22.0. The molecule has 0 fully saturated rings. The van der Waals surface area contributed by atoms with Gasteiger partial charge in [-0.1, -0.05) is 56.2 Å². The van der Waals surface area contributed by atoms with Gasteiger partial charge in [-0.15, -0.1) is 0 Å². The van der Waals surface area contributed by atoms with Crippen molar-refractivity contribution >= 4 is 10.1 Å². The summed E-state index contributed by atoms with van der Waals surface area (Å²) in [6.45, 7) is 2.13. The standard InChI is InChI=1S/C18H22O5S.Na/c1-2-3-4-5-8-14-11-12-18(24(20,21)22)17(13-14)23-16-10-7-6-9-15(16)19;/h6-7,9-13,19H,2-5,8H2,1H3,(H,20,21,22);/q;+1/p-1. The number of para-hydroxylation sites is 2. The summed E-state index contributed by atoms with van der Waals surface area (Å²) < 4.78 is 37.9. The maximum Gasteiger partial charge on any atom is 1.00 e. The first-order chi connectivity index (χ1) is 11.4. The molecule has 2 aromatic rings. The number of aryl methyl sites for hydroxylation is 1. The van der Waals surface area contributed by atoms with Gasteiger partial charge in [-0.25, -0.2) is 0 Å². The number of rotatable bonds is 8. The third kappa shape index (κ3) is 6.64. The van der Waals surface area contributed by atoms with Crippen LogP contribution in [0.4, 0.5) is 0 Å². The zero-order valence-corrected chi connectivity index (χ0v) is 17.4. The van der Waals surface area contributed by atoms with Crippen molar-refractivity contribution in [3.05, 3.63) is 48.0 Å². The van der Waals surface area contributed by atoms with Crippen molar-refractivity contribution in [3.8, 4) is 17.2 Å². The average molecular weight is 372 g/mol. The van der Waals surface area contributed by atoms with Gasteiger partial charge in [0.1, 0.15) is 16.4 Å². The number of benzene rings is 2. The fourth-order valence-corrected chi connectivity index (χ4v) is 3.00. The minimum absolute atomic E-state index is 0. The molecule has 25 heavy (non-hydrogen) atoms. The van der Waals surface area contributed by atoms with Crippen molar-refractivity contribution in [2.45, 2.75) is 43.9 Å². The van der Waals surface area contributed by atoms with Crippen LogP contribution in [-0.4, -0.2) is 13.0 Å². The third-order valence-electron chi connectivity index (χ3n) is 3.67. The molecular formula is C18H21NaO5S. The van der Waals surface area contributed by atoms with Gasteiger partial charge < -0.3 is 9.84 Å². The smallest absolute Gasteiger partial charge is 0.870 e. The van der Waals surface area contributed by atoms with E-state index in [1.165, 1.54) is 18.2 Å². The van der Waals surface area contributed by atoms with E-state index in [0.717, 1.165) is 37.7 Å². The molecule has 1 N–H and O–H groups in total. The van der Waals surface area contributed by atoms with Crippen LogP contribution in [0.25, 0.3) is 0 Å². The summed E-state index contributed by atoms with van der Waals surface area (Å²) in [4.78, 5) is -0.344. The first-order valence-electron chi connectivity index (χ1n) is 7.96. The summed E-state index contributed by atoms with van der Waals surface area (Å²) in [5.41, 5.74) is 0.900. The van der Waals surface area contributed by atoms with E-state index in [1.807, 2.05) is 0 Å². The third-order valence-corrected chi connectivity index (χ3v) is 4.57. The van der Waals surface area contributed by atoms with E-state index in [0.29, 0.717) is 0 Å². The Kier molecular flexibility index (Phi) is 8.96. The molecule has 0 unspecified atom stereocenters. The molecule has 0 spiro atoms. The van der Waals surface area contributed by atoms with Crippen LogP contribution in [-0.2, 0) is 16.5 Å². The minimum atomic E-state index is -4.44. The molecule has 0 amide bonds. The van der Waals surface area contributed by atoms with E-state index in [4.69, 9.17) is 4.74 Å². The van der Waals surface area contributed by atoms with E-state index in [2.05, 4.69) is 6.92 Å². The molecule has 130 valence electrons. The molecule has 0 heterocycles. The maximum absolute atomic E-state index is 11.8. The largest absolute Gasteiger partial charge is 1.00 e. The van der Waals surface area contributed by atoms with Crippen LogP contribution in [0.5, 0.6) is 17.2 Å². The molecule has 0 atom stereocenters. The van der Waals surface area contributed by atoms with Gasteiger partial charge in [0, 0.05) is 0 Å². The van der Waals surface area contributed by atoms with E-state index in [-0.39, 0.29) is 51.7 Å². The number of hydrogen-bond acceptors (Lipinski definition) is 4. The number of hydrogen-bond donors (Lipinski definition) is 1.